The van der Waals surface area contributed by atoms with Crippen molar-refractivity contribution < 1.29 is 18.8 Å². The van der Waals surface area contributed by atoms with Crippen LogP contribution in [0, 0.1) is 11.3 Å². The molecule has 8 nitrogen and oxygen atoms in total. The third-order valence-corrected chi connectivity index (χ3v) is 3.84. The molecule has 0 radical (unpaired) electrons. The molecule has 3 rings (SSSR count). The molecule has 0 saturated heterocycles. The Morgan fingerprint density at radius 2 is 1.82 bits per heavy atom. The number of aromatic nitrogens is 1. The van der Waals surface area contributed by atoms with E-state index < -0.39 is 5.91 Å². The second-order valence-corrected chi connectivity index (χ2v) is 5.73. The predicted octanol–water partition coefficient (Wildman–Crippen LogP) is 2.74. The number of nitrogens with one attached hydrogen (secondary N) is 2. The van der Waals surface area contributed by atoms with Gasteiger partial charge >= 0.3 is 0 Å². The molecular weight excluding hydrogens is 360 g/mol. The number of carbonyl (C=O) groups excluding carboxylic acids is 2. The molecule has 0 spiro atoms. The van der Waals surface area contributed by atoms with Crippen molar-refractivity contribution in [1.82, 2.24) is 10.5 Å². The van der Waals surface area contributed by atoms with Gasteiger partial charge in [0.1, 0.15) is 5.75 Å². The monoisotopic (exact) mass is 376 g/mol. The molecule has 0 aliphatic rings. The number of rotatable bonds is 6. The number of hydrogen-bond donors (Lipinski definition) is 2. The molecule has 8 heteroatoms. The first kappa shape index (κ1) is 18.7. The van der Waals surface area contributed by atoms with Gasteiger partial charge in [-0.05, 0) is 48.5 Å². The Morgan fingerprint density at radius 3 is 2.46 bits per heavy atom. The summed E-state index contributed by atoms with van der Waals surface area (Å²) in [5.41, 5.74) is 1.58. The Kier molecular flexibility index (Phi) is 5.67. The van der Waals surface area contributed by atoms with Crippen LogP contribution in [0.25, 0.3) is 0 Å². The van der Waals surface area contributed by atoms with Gasteiger partial charge in [-0.25, -0.2) is 0 Å². The number of carbonyl (C=O) groups is 2. The van der Waals surface area contributed by atoms with Gasteiger partial charge in [0.05, 0.1) is 25.3 Å². The Hall–Kier alpha value is -4.12. The molecule has 28 heavy (non-hydrogen) atoms. The predicted molar refractivity (Wildman–Crippen MR) is 99.8 cm³/mol. The van der Waals surface area contributed by atoms with Crippen molar-refractivity contribution >= 4 is 17.5 Å². The fourth-order valence-corrected chi connectivity index (χ4v) is 2.34. The number of nitriles is 1. The molecular formula is C20H16N4O4. The fourth-order valence-electron chi connectivity index (χ4n) is 2.34. The number of nitrogens with zero attached hydrogens (tertiary/aromatic N) is 2. The normalized spacial score (nSPS) is 10.0. The quantitative estimate of drug-likeness (QED) is 0.683. The molecule has 2 N–H and O–H groups in total. The van der Waals surface area contributed by atoms with E-state index in [2.05, 4.69) is 15.8 Å². The fraction of sp³-hybridized carbons (Fsp3) is 0.100. The van der Waals surface area contributed by atoms with E-state index in [-0.39, 0.29) is 18.1 Å². The van der Waals surface area contributed by atoms with Crippen molar-refractivity contribution in [3.05, 3.63) is 77.2 Å². The highest BCUT2D eigenvalue weighted by atomic mass is 16.5. The van der Waals surface area contributed by atoms with E-state index in [0.717, 1.165) is 0 Å². The standard InChI is InChI=1S/C20H16N4O4/c1-27-16-8-4-14(5-9-16)19(25)22-12-17-10-18(24-28-17)20(26)23-15-6-2-13(11-21)3-7-15/h2-10H,12H2,1H3,(H,22,25)(H,23,26). The smallest absolute Gasteiger partial charge is 0.277 e. The molecule has 0 aliphatic heterocycles. The van der Waals surface area contributed by atoms with Gasteiger partial charge in [0.2, 0.25) is 0 Å². The molecule has 0 saturated carbocycles. The summed E-state index contributed by atoms with van der Waals surface area (Å²) in [6, 6.07) is 16.5. The largest absolute Gasteiger partial charge is 0.497 e. The maximum atomic E-state index is 12.2. The Balaban J connectivity index is 1.56. The van der Waals surface area contributed by atoms with Gasteiger partial charge in [0, 0.05) is 17.3 Å². The van der Waals surface area contributed by atoms with Crippen LogP contribution in [0.4, 0.5) is 5.69 Å². The topological polar surface area (TPSA) is 117 Å². The number of anilines is 1. The van der Waals surface area contributed by atoms with Crippen LogP contribution < -0.4 is 15.4 Å². The third kappa shape index (κ3) is 4.53. The average molecular weight is 376 g/mol. The second kappa shape index (κ2) is 8.51. The second-order valence-electron chi connectivity index (χ2n) is 5.73. The van der Waals surface area contributed by atoms with Crippen LogP contribution >= 0.6 is 0 Å². The van der Waals surface area contributed by atoms with Crippen LogP contribution in [-0.2, 0) is 6.54 Å². The highest BCUT2D eigenvalue weighted by Gasteiger charge is 2.14. The first-order chi connectivity index (χ1) is 13.6. The maximum Gasteiger partial charge on any atom is 0.277 e. The molecule has 0 bridgehead atoms. The van der Waals surface area contributed by atoms with Crippen molar-refractivity contribution in [2.45, 2.75) is 6.54 Å². The van der Waals surface area contributed by atoms with E-state index in [1.54, 1.807) is 55.6 Å². The number of hydrogen-bond acceptors (Lipinski definition) is 6. The molecule has 1 heterocycles. The van der Waals surface area contributed by atoms with Crippen molar-refractivity contribution in [3.63, 3.8) is 0 Å². The summed E-state index contributed by atoms with van der Waals surface area (Å²) in [6.07, 6.45) is 0. The minimum absolute atomic E-state index is 0.0815. The molecule has 0 fully saturated rings. The van der Waals surface area contributed by atoms with Crippen molar-refractivity contribution in [2.75, 3.05) is 12.4 Å². The molecule has 0 unspecified atom stereocenters. The Labute approximate surface area is 160 Å². The first-order valence-electron chi connectivity index (χ1n) is 8.28. The van der Waals surface area contributed by atoms with Gasteiger partial charge in [-0.1, -0.05) is 5.16 Å². The van der Waals surface area contributed by atoms with Crippen LogP contribution in [0.3, 0.4) is 0 Å². The molecule has 2 aromatic carbocycles. The lowest BCUT2D eigenvalue weighted by atomic mass is 10.2. The van der Waals surface area contributed by atoms with Gasteiger partial charge in [0.15, 0.2) is 11.5 Å². The van der Waals surface area contributed by atoms with E-state index in [9.17, 15) is 9.59 Å². The van der Waals surface area contributed by atoms with Crippen LogP contribution in [0.15, 0.2) is 59.1 Å². The zero-order valence-corrected chi connectivity index (χ0v) is 14.9. The summed E-state index contributed by atoms with van der Waals surface area (Å²) in [4.78, 5) is 24.3. The summed E-state index contributed by atoms with van der Waals surface area (Å²) >= 11 is 0. The van der Waals surface area contributed by atoms with E-state index in [4.69, 9.17) is 14.5 Å². The summed E-state index contributed by atoms with van der Waals surface area (Å²) in [5.74, 6) is 0.250. The van der Waals surface area contributed by atoms with E-state index >= 15 is 0 Å². The minimum atomic E-state index is -0.457. The van der Waals surface area contributed by atoms with E-state index in [1.807, 2.05) is 6.07 Å². The Morgan fingerprint density at radius 1 is 1.11 bits per heavy atom. The van der Waals surface area contributed by atoms with Gasteiger partial charge in [-0.2, -0.15) is 5.26 Å². The molecule has 0 atom stereocenters. The van der Waals surface area contributed by atoms with Gasteiger partial charge in [0.25, 0.3) is 11.8 Å². The summed E-state index contributed by atoms with van der Waals surface area (Å²) < 4.78 is 10.1. The number of benzene rings is 2. The lowest BCUT2D eigenvalue weighted by Gasteiger charge is -2.04. The number of methoxy groups -OCH3 is 1. The van der Waals surface area contributed by atoms with Crippen molar-refractivity contribution in [3.8, 4) is 11.8 Å². The Bertz CT molecular complexity index is 1020. The molecule has 140 valence electrons. The molecule has 0 aliphatic carbocycles. The molecule has 2 amide bonds. The zero-order chi connectivity index (χ0) is 19.9. The SMILES string of the molecule is COc1ccc(C(=O)NCc2cc(C(=O)Nc3ccc(C#N)cc3)no2)cc1. The number of ether oxygens (including phenoxy) is 1. The summed E-state index contributed by atoms with van der Waals surface area (Å²) in [6.45, 7) is 0.0853. The van der Waals surface area contributed by atoms with Crippen LogP contribution in [0.1, 0.15) is 32.2 Å². The van der Waals surface area contributed by atoms with Gasteiger partial charge in [-0.3, -0.25) is 9.59 Å². The van der Waals surface area contributed by atoms with E-state index in [0.29, 0.717) is 28.3 Å². The van der Waals surface area contributed by atoms with Crippen molar-refractivity contribution in [1.29, 1.82) is 5.26 Å². The highest BCUT2D eigenvalue weighted by Crippen LogP contribution is 2.13. The zero-order valence-electron chi connectivity index (χ0n) is 14.9. The van der Waals surface area contributed by atoms with Crippen LogP contribution in [-0.4, -0.2) is 24.1 Å². The van der Waals surface area contributed by atoms with Gasteiger partial charge in [-0.15, -0.1) is 0 Å². The lowest BCUT2D eigenvalue weighted by Crippen LogP contribution is -2.22. The van der Waals surface area contributed by atoms with Gasteiger partial charge < -0.3 is 19.9 Å². The molecule has 1 aromatic heterocycles. The maximum absolute atomic E-state index is 12.2. The lowest BCUT2D eigenvalue weighted by molar-refractivity contribution is 0.0945. The van der Waals surface area contributed by atoms with Crippen LogP contribution in [0.5, 0.6) is 5.75 Å². The first-order valence-corrected chi connectivity index (χ1v) is 8.28. The van der Waals surface area contributed by atoms with Crippen LogP contribution in [0.2, 0.25) is 0 Å². The average Bonchev–Trinajstić information content (AvgIpc) is 3.22. The number of amides is 2. The molecule has 3 aromatic rings. The minimum Gasteiger partial charge on any atom is -0.497 e. The van der Waals surface area contributed by atoms with Crippen molar-refractivity contribution in [2.24, 2.45) is 0 Å². The van der Waals surface area contributed by atoms with E-state index in [1.165, 1.54) is 6.07 Å². The summed E-state index contributed by atoms with van der Waals surface area (Å²) in [5, 5.41) is 17.8. The summed E-state index contributed by atoms with van der Waals surface area (Å²) in [7, 11) is 1.55. The highest BCUT2D eigenvalue weighted by molar-refractivity contribution is 6.02. The third-order valence-electron chi connectivity index (χ3n) is 3.84.